The Labute approximate surface area is 122 Å². The topological polar surface area (TPSA) is 41.5 Å². The molecule has 0 bridgehead atoms. The number of aliphatic hydroxyl groups is 1. The monoisotopic (exact) mass is 325 g/mol. The molecule has 0 aliphatic carbocycles. The number of ether oxygens (including phenoxy) is 1. The molecule has 3 nitrogen and oxygen atoms in total. The van der Waals surface area contributed by atoms with E-state index >= 15 is 0 Å². The zero-order chi connectivity index (χ0) is 13.7. The average Bonchev–Trinajstić information content (AvgIpc) is 2.38. The summed E-state index contributed by atoms with van der Waals surface area (Å²) in [6.07, 6.45) is 3.76. The van der Waals surface area contributed by atoms with Gasteiger partial charge in [0.05, 0.1) is 6.10 Å². The van der Waals surface area contributed by atoms with Gasteiger partial charge in [0.1, 0.15) is 12.4 Å². The average molecular weight is 326 g/mol. The molecule has 0 aromatic heterocycles. The highest BCUT2D eigenvalue weighted by Gasteiger charge is 2.11. The molecule has 0 spiro atoms. The molecule has 1 aromatic carbocycles. The maximum absolute atomic E-state index is 9.65. The van der Waals surface area contributed by atoms with Crippen molar-refractivity contribution in [2.75, 3.05) is 19.7 Å². The summed E-state index contributed by atoms with van der Waals surface area (Å²) in [5, 5.41) is 12.9. The molecule has 0 saturated carbocycles. The van der Waals surface area contributed by atoms with E-state index in [4.69, 9.17) is 4.74 Å². The minimum Gasteiger partial charge on any atom is -0.489 e. The number of benzene rings is 1. The smallest absolute Gasteiger partial charge is 0.127 e. The maximum Gasteiger partial charge on any atom is 0.127 e. The summed E-state index contributed by atoms with van der Waals surface area (Å²) in [7, 11) is 0. The van der Waals surface area contributed by atoms with Gasteiger partial charge in [-0.2, -0.15) is 0 Å². The molecule has 2 N–H and O–H groups in total. The van der Waals surface area contributed by atoms with Crippen LogP contribution >= 0.6 is 15.9 Å². The van der Waals surface area contributed by atoms with Gasteiger partial charge in [-0.1, -0.05) is 29.3 Å². The molecule has 1 aromatic rings. The number of aliphatic hydroxyl groups excluding tert-OH is 1. The van der Waals surface area contributed by atoms with Crippen LogP contribution in [0, 0.1) is 0 Å². The highest BCUT2D eigenvalue weighted by Crippen LogP contribution is 2.28. The van der Waals surface area contributed by atoms with Crippen molar-refractivity contribution in [3.63, 3.8) is 0 Å². The van der Waals surface area contributed by atoms with Crippen molar-refractivity contribution in [3.05, 3.63) is 33.8 Å². The first-order valence-corrected chi connectivity index (χ1v) is 7.49. The summed E-state index contributed by atoms with van der Waals surface area (Å²) in [6, 6.07) is 6.02. The second kappa shape index (κ2) is 7.08. The van der Waals surface area contributed by atoms with Gasteiger partial charge in [0, 0.05) is 23.1 Å². The van der Waals surface area contributed by atoms with Gasteiger partial charge in [0.2, 0.25) is 0 Å². The summed E-state index contributed by atoms with van der Waals surface area (Å²) in [4.78, 5) is 0. The Balaban J connectivity index is 1.89. The van der Waals surface area contributed by atoms with Crippen LogP contribution in [0.1, 0.15) is 25.3 Å². The summed E-state index contributed by atoms with van der Waals surface area (Å²) in [5.41, 5.74) is 2.31. The minimum atomic E-state index is -0.253. The van der Waals surface area contributed by atoms with E-state index in [2.05, 4.69) is 40.3 Å². The number of hydrogen-bond acceptors (Lipinski definition) is 3. The molecule has 0 saturated heterocycles. The van der Waals surface area contributed by atoms with Crippen molar-refractivity contribution < 1.29 is 9.84 Å². The third-order valence-electron chi connectivity index (χ3n) is 3.10. The first kappa shape index (κ1) is 14.6. The highest BCUT2D eigenvalue weighted by molar-refractivity contribution is 9.10. The van der Waals surface area contributed by atoms with Gasteiger partial charge in [-0.25, -0.2) is 0 Å². The largest absolute Gasteiger partial charge is 0.489 e. The van der Waals surface area contributed by atoms with Gasteiger partial charge in [-0.15, -0.1) is 0 Å². The summed E-state index contributed by atoms with van der Waals surface area (Å²) < 4.78 is 6.76. The summed E-state index contributed by atoms with van der Waals surface area (Å²) >= 11 is 3.47. The fourth-order valence-electron chi connectivity index (χ4n) is 2.13. The van der Waals surface area contributed by atoms with E-state index in [1.807, 2.05) is 12.1 Å². The fourth-order valence-corrected chi connectivity index (χ4v) is 2.51. The molecule has 0 amide bonds. The van der Waals surface area contributed by atoms with Crippen LogP contribution in [0.3, 0.4) is 0 Å². The van der Waals surface area contributed by atoms with Gasteiger partial charge < -0.3 is 15.2 Å². The van der Waals surface area contributed by atoms with Crippen molar-refractivity contribution in [1.29, 1.82) is 0 Å². The van der Waals surface area contributed by atoms with Crippen molar-refractivity contribution in [2.45, 2.75) is 25.9 Å². The molecular formula is C15H20BrNO2. The second-order valence-corrected chi connectivity index (χ2v) is 5.76. The van der Waals surface area contributed by atoms with Gasteiger partial charge in [0.25, 0.3) is 0 Å². The van der Waals surface area contributed by atoms with Crippen LogP contribution in [-0.4, -0.2) is 30.9 Å². The molecule has 1 atom stereocenters. The van der Waals surface area contributed by atoms with Crippen molar-refractivity contribution in [2.24, 2.45) is 0 Å². The molecule has 1 aliphatic rings. The Kier molecular flexibility index (Phi) is 5.43. The van der Waals surface area contributed by atoms with Crippen LogP contribution in [0.15, 0.2) is 28.2 Å². The molecule has 4 heteroatoms. The molecule has 1 aliphatic heterocycles. The SMILES string of the molecule is CCCC(O)CNCC1=Cc2cc(Br)ccc2OC1. The van der Waals surface area contributed by atoms with E-state index in [-0.39, 0.29) is 6.10 Å². The predicted octanol–water partition coefficient (Wildman–Crippen LogP) is 2.98. The quantitative estimate of drug-likeness (QED) is 0.844. The Morgan fingerprint density at radius 1 is 1.47 bits per heavy atom. The lowest BCUT2D eigenvalue weighted by molar-refractivity contribution is 0.161. The predicted molar refractivity (Wildman–Crippen MR) is 81.4 cm³/mol. The van der Waals surface area contributed by atoms with Crippen LogP contribution < -0.4 is 10.1 Å². The lowest BCUT2D eigenvalue weighted by atomic mass is 10.1. The van der Waals surface area contributed by atoms with Gasteiger partial charge in [-0.3, -0.25) is 0 Å². The normalized spacial score (nSPS) is 15.4. The summed E-state index contributed by atoms with van der Waals surface area (Å²) in [6.45, 7) is 4.09. The van der Waals surface area contributed by atoms with Gasteiger partial charge >= 0.3 is 0 Å². The van der Waals surface area contributed by atoms with E-state index in [0.717, 1.165) is 35.2 Å². The van der Waals surface area contributed by atoms with E-state index in [1.165, 1.54) is 5.57 Å². The zero-order valence-corrected chi connectivity index (χ0v) is 12.7. The Morgan fingerprint density at radius 3 is 3.11 bits per heavy atom. The molecule has 104 valence electrons. The van der Waals surface area contributed by atoms with Crippen LogP contribution in [0.5, 0.6) is 5.75 Å². The summed E-state index contributed by atoms with van der Waals surface area (Å²) in [5.74, 6) is 0.929. The standard InChI is InChI=1S/C15H20BrNO2/c1-2-3-14(18)9-17-8-11-6-12-7-13(16)4-5-15(12)19-10-11/h4-7,14,17-18H,2-3,8-10H2,1H3. The van der Waals surface area contributed by atoms with Crippen LogP contribution in [0.25, 0.3) is 6.08 Å². The molecule has 0 fully saturated rings. The highest BCUT2D eigenvalue weighted by atomic mass is 79.9. The lowest BCUT2D eigenvalue weighted by Gasteiger charge is -2.19. The molecular weight excluding hydrogens is 306 g/mol. The van der Waals surface area contributed by atoms with E-state index < -0.39 is 0 Å². The van der Waals surface area contributed by atoms with Crippen LogP contribution in [0.4, 0.5) is 0 Å². The first-order chi connectivity index (χ1) is 9.19. The van der Waals surface area contributed by atoms with E-state index in [0.29, 0.717) is 13.2 Å². The van der Waals surface area contributed by atoms with Crippen molar-refractivity contribution in [3.8, 4) is 5.75 Å². The molecule has 2 rings (SSSR count). The number of rotatable bonds is 6. The van der Waals surface area contributed by atoms with Crippen LogP contribution in [-0.2, 0) is 0 Å². The third kappa shape index (κ3) is 4.34. The van der Waals surface area contributed by atoms with E-state index in [9.17, 15) is 5.11 Å². The number of nitrogens with one attached hydrogen (secondary N) is 1. The van der Waals surface area contributed by atoms with Crippen molar-refractivity contribution >= 4 is 22.0 Å². The van der Waals surface area contributed by atoms with Gasteiger partial charge in [-0.05, 0) is 36.3 Å². The van der Waals surface area contributed by atoms with Gasteiger partial charge in [0.15, 0.2) is 0 Å². The second-order valence-electron chi connectivity index (χ2n) is 4.85. The molecule has 1 unspecified atom stereocenters. The fraction of sp³-hybridized carbons (Fsp3) is 0.467. The Bertz CT molecular complexity index is 459. The number of hydrogen-bond donors (Lipinski definition) is 2. The van der Waals surface area contributed by atoms with E-state index in [1.54, 1.807) is 0 Å². The Hall–Kier alpha value is -0.840. The lowest BCUT2D eigenvalue weighted by Crippen LogP contribution is -2.29. The minimum absolute atomic E-state index is 0.253. The molecule has 19 heavy (non-hydrogen) atoms. The van der Waals surface area contributed by atoms with Crippen LogP contribution in [0.2, 0.25) is 0 Å². The number of halogens is 1. The zero-order valence-electron chi connectivity index (χ0n) is 11.2. The molecule has 1 heterocycles. The first-order valence-electron chi connectivity index (χ1n) is 6.69. The maximum atomic E-state index is 9.65. The third-order valence-corrected chi connectivity index (χ3v) is 3.59. The Morgan fingerprint density at radius 2 is 2.32 bits per heavy atom. The van der Waals surface area contributed by atoms with Crippen molar-refractivity contribution in [1.82, 2.24) is 5.32 Å². The number of fused-ring (bicyclic) bond motifs is 1. The molecule has 0 radical (unpaired) electrons.